The minimum absolute atomic E-state index is 0.143. The number of rotatable bonds is 4. The van der Waals surface area contributed by atoms with E-state index in [4.69, 9.17) is 0 Å². The highest BCUT2D eigenvalue weighted by Gasteiger charge is 2.40. The molecule has 27 heavy (non-hydrogen) atoms. The molecule has 1 aromatic heterocycles. The first-order chi connectivity index (χ1) is 13.1. The fraction of sp³-hybridized carbons (Fsp3) is 0.304. The maximum Gasteiger partial charge on any atom is 0.253 e. The molecule has 1 aliphatic rings. The second-order valence-corrected chi connectivity index (χ2v) is 7.44. The molecule has 2 heterocycles. The van der Waals surface area contributed by atoms with Crippen LogP contribution in [-0.2, 0) is 10.3 Å². The van der Waals surface area contributed by atoms with Gasteiger partial charge in [-0.1, -0.05) is 54.6 Å². The van der Waals surface area contributed by atoms with Crippen LogP contribution in [0.25, 0.3) is 11.1 Å². The lowest BCUT2D eigenvalue weighted by molar-refractivity contribution is -0.137. The number of nitrogens with zero attached hydrogens (tertiary/aromatic N) is 3. The van der Waals surface area contributed by atoms with E-state index in [1.807, 2.05) is 47.7 Å². The molecule has 4 heteroatoms. The largest absolute Gasteiger partial charge is 0.340 e. The van der Waals surface area contributed by atoms with E-state index < -0.39 is 5.54 Å². The van der Waals surface area contributed by atoms with Crippen LogP contribution in [-0.4, -0.2) is 33.4 Å². The monoisotopic (exact) mass is 359 g/mol. The fourth-order valence-corrected chi connectivity index (χ4v) is 3.89. The molecule has 1 unspecified atom stereocenters. The van der Waals surface area contributed by atoms with Crippen LogP contribution in [0, 0.1) is 6.92 Å². The Morgan fingerprint density at radius 3 is 2.19 bits per heavy atom. The van der Waals surface area contributed by atoms with Gasteiger partial charge < -0.3 is 9.47 Å². The number of aryl methyl sites for hydroxylation is 1. The number of carbonyl (C=O) groups is 1. The summed E-state index contributed by atoms with van der Waals surface area (Å²) in [6, 6.07) is 18.7. The first kappa shape index (κ1) is 17.5. The number of amides is 1. The quantitative estimate of drug-likeness (QED) is 0.699. The van der Waals surface area contributed by atoms with Gasteiger partial charge in [-0.2, -0.15) is 0 Å². The lowest BCUT2D eigenvalue weighted by Gasteiger charge is -2.34. The van der Waals surface area contributed by atoms with Crippen molar-refractivity contribution in [3.63, 3.8) is 0 Å². The molecule has 0 bridgehead atoms. The van der Waals surface area contributed by atoms with Gasteiger partial charge in [0.1, 0.15) is 5.54 Å². The highest BCUT2D eigenvalue weighted by molar-refractivity contribution is 5.88. The normalized spacial score (nSPS) is 16.3. The van der Waals surface area contributed by atoms with Crippen LogP contribution < -0.4 is 0 Å². The first-order valence-electron chi connectivity index (χ1n) is 9.55. The molecule has 0 saturated carbocycles. The van der Waals surface area contributed by atoms with Crippen LogP contribution in [0.5, 0.6) is 0 Å². The summed E-state index contributed by atoms with van der Waals surface area (Å²) in [6.45, 7) is 5.64. The van der Waals surface area contributed by atoms with E-state index in [0.29, 0.717) is 0 Å². The second-order valence-electron chi connectivity index (χ2n) is 7.44. The summed E-state index contributed by atoms with van der Waals surface area (Å²) in [4.78, 5) is 19.9. The zero-order valence-electron chi connectivity index (χ0n) is 15.9. The van der Waals surface area contributed by atoms with Crippen molar-refractivity contribution < 1.29 is 4.79 Å². The summed E-state index contributed by atoms with van der Waals surface area (Å²) in [5.74, 6) is 0.143. The second kappa shape index (κ2) is 7.03. The molecule has 0 radical (unpaired) electrons. The molecule has 4 nitrogen and oxygen atoms in total. The van der Waals surface area contributed by atoms with Gasteiger partial charge in [0.05, 0.1) is 12.0 Å². The van der Waals surface area contributed by atoms with E-state index in [1.54, 1.807) is 6.33 Å². The van der Waals surface area contributed by atoms with Crippen molar-refractivity contribution in [2.24, 2.45) is 0 Å². The zero-order chi connectivity index (χ0) is 18.9. The minimum atomic E-state index is -0.791. The Morgan fingerprint density at radius 1 is 0.963 bits per heavy atom. The molecule has 0 spiro atoms. The third-order valence-corrected chi connectivity index (χ3v) is 5.59. The number of hydrogen-bond acceptors (Lipinski definition) is 2. The summed E-state index contributed by atoms with van der Waals surface area (Å²) in [7, 11) is 0. The Bertz CT molecular complexity index is 924. The van der Waals surface area contributed by atoms with E-state index in [1.165, 1.54) is 5.56 Å². The maximum absolute atomic E-state index is 13.5. The van der Waals surface area contributed by atoms with Crippen LogP contribution in [0.3, 0.4) is 0 Å². The van der Waals surface area contributed by atoms with Gasteiger partial charge in [-0.25, -0.2) is 4.98 Å². The summed E-state index contributed by atoms with van der Waals surface area (Å²) in [5.41, 5.74) is 3.43. The highest BCUT2D eigenvalue weighted by atomic mass is 16.2. The number of hydrogen-bond donors (Lipinski definition) is 0. The number of benzene rings is 2. The van der Waals surface area contributed by atoms with Crippen LogP contribution >= 0.6 is 0 Å². The third kappa shape index (κ3) is 3.16. The molecule has 1 fully saturated rings. The molecule has 3 aromatic rings. The number of likely N-dealkylation sites (tertiary alicyclic amines) is 1. The van der Waals surface area contributed by atoms with Gasteiger partial charge >= 0.3 is 0 Å². The molecule has 1 aliphatic heterocycles. The smallest absolute Gasteiger partial charge is 0.253 e. The van der Waals surface area contributed by atoms with Crippen molar-refractivity contribution in [3.05, 3.63) is 78.4 Å². The van der Waals surface area contributed by atoms with Gasteiger partial charge in [0, 0.05) is 19.3 Å². The van der Waals surface area contributed by atoms with Gasteiger partial charge in [0.2, 0.25) is 0 Å². The first-order valence-corrected chi connectivity index (χ1v) is 9.55. The third-order valence-electron chi connectivity index (χ3n) is 5.59. The Kier molecular flexibility index (Phi) is 4.56. The predicted molar refractivity (Wildman–Crippen MR) is 107 cm³/mol. The highest BCUT2D eigenvalue weighted by Crippen LogP contribution is 2.32. The topological polar surface area (TPSA) is 38.1 Å². The molecular weight excluding hydrogens is 334 g/mol. The van der Waals surface area contributed by atoms with Gasteiger partial charge in [-0.15, -0.1) is 0 Å². The summed E-state index contributed by atoms with van der Waals surface area (Å²) in [5, 5.41) is 0. The van der Waals surface area contributed by atoms with E-state index in [9.17, 15) is 4.79 Å². The lowest BCUT2D eigenvalue weighted by Crippen LogP contribution is -2.48. The van der Waals surface area contributed by atoms with Crippen molar-refractivity contribution in [2.75, 3.05) is 13.1 Å². The van der Waals surface area contributed by atoms with Gasteiger partial charge in [0.15, 0.2) is 0 Å². The molecule has 1 saturated heterocycles. The number of aromatic nitrogens is 2. The van der Waals surface area contributed by atoms with Crippen LogP contribution in [0.4, 0.5) is 0 Å². The van der Waals surface area contributed by atoms with Crippen molar-refractivity contribution in [3.8, 4) is 11.1 Å². The SMILES string of the molecule is Cc1cn(C(C)(C(=O)N2CCCC2)c2ccc(-c3ccccc3)cc2)cn1. The van der Waals surface area contributed by atoms with Crippen LogP contribution in [0.15, 0.2) is 67.1 Å². The zero-order valence-corrected chi connectivity index (χ0v) is 15.9. The lowest BCUT2D eigenvalue weighted by atomic mass is 9.88. The Hall–Kier alpha value is -2.88. The van der Waals surface area contributed by atoms with E-state index in [2.05, 4.69) is 41.4 Å². The van der Waals surface area contributed by atoms with E-state index >= 15 is 0 Å². The van der Waals surface area contributed by atoms with E-state index in [0.717, 1.165) is 42.8 Å². The molecule has 2 aromatic carbocycles. The Labute approximate surface area is 160 Å². The summed E-state index contributed by atoms with van der Waals surface area (Å²) >= 11 is 0. The van der Waals surface area contributed by atoms with Crippen molar-refractivity contribution in [2.45, 2.75) is 32.2 Å². The standard InChI is InChI=1S/C23H25N3O/c1-18-16-26(17-24-18)23(2,22(27)25-14-6-7-15-25)21-12-10-20(11-13-21)19-8-4-3-5-9-19/h3-5,8-13,16-17H,6-7,14-15H2,1-2H3. The van der Waals surface area contributed by atoms with E-state index in [-0.39, 0.29) is 5.91 Å². The molecule has 0 N–H and O–H groups in total. The molecule has 1 atom stereocenters. The van der Waals surface area contributed by atoms with Crippen molar-refractivity contribution in [1.82, 2.24) is 14.5 Å². The Balaban J connectivity index is 1.75. The van der Waals surface area contributed by atoms with Gasteiger partial charge in [-0.3, -0.25) is 4.79 Å². The van der Waals surface area contributed by atoms with Gasteiger partial charge in [-0.05, 0) is 43.4 Å². The molecule has 138 valence electrons. The van der Waals surface area contributed by atoms with Crippen LogP contribution in [0.2, 0.25) is 0 Å². The molecular formula is C23H25N3O. The summed E-state index contributed by atoms with van der Waals surface area (Å²) < 4.78 is 1.96. The van der Waals surface area contributed by atoms with Crippen molar-refractivity contribution in [1.29, 1.82) is 0 Å². The molecule has 0 aliphatic carbocycles. The average Bonchev–Trinajstić information content (AvgIpc) is 3.40. The number of carbonyl (C=O) groups excluding carboxylic acids is 1. The predicted octanol–water partition coefficient (Wildman–Crippen LogP) is 4.24. The summed E-state index contributed by atoms with van der Waals surface area (Å²) in [6.07, 6.45) is 5.89. The van der Waals surface area contributed by atoms with Gasteiger partial charge in [0.25, 0.3) is 5.91 Å². The fourth-order valence-electron chi connectivity index (χ4n) is 3.89. The number of imidazole rings is 1. The molecule has 4 rings (SSSR count). The van der Waals surface area contributed by atoms with Crippen LogP contribution in [0.1, 0.15) is 31.0 Å². The minimum Gasteiger partial charge on any atom is -0.340 e. The Morgan fingerprint density at radius 2 is 1.59 bits per heavy atom. The van der Waals surface area contributed by atoms with Crippen molar-refractivity contribution >= 4 is 5.91 Å². The molecule has 1 amide bonds. The maximum atomic E-state index is 13.5. The average molecular weight is 359 g/mol.